The van der Waals surface area contributed by atoms with Gasteiger partial charge in [0.1, 0.15) is 0 Å². The van der Waals surface area contributed by atoms with Gasteiger partial charge in [0, 0.05) is 25.2 Å². The standard InChI is InChI=1S/C18H26N2O/c1-2-5-14(6-3-1)18(15-8-9-15)19-11-17-12-20-10-4-7-16(20)13-21-17/h1-3,5-6,15-19H,4,7-13H2. The van der Waals surface area contributed by atoms with Crippen molar-refractivity contribution in [1.29, 1.82) is 0 Å². The van der Waals surface area contributed by atoms with Crippen molar-refractivity contribution >= 4 is 0 Å². The Morgan fingerprint density at radius 2 is 2.05 bits per heavy atom. The first-order valence-corrected chi connectivity index (χ1v) is 8.54. The molecule has 3 atom stereocenters. The number of fused-ring (bicyclic) bond motifs is 1. The van der Waals surface area contributed by atoms with Crippen molar-refractivity contribution < 1.29 is 4.74 Å². The fourth-order valence-corrected chi connectivity index (χ4v) is 3.91. The molecule has 1 aliphatic carbocycles. The number of hydrogen-bond donors (Lipinski definition) is 1. The highest BCUT2D eigenvalue weighted by molar-refractivity contribution is 5.21. The van der Waals surface area contributed by atoms with Crippen LogP contribution in [0.15, 0.2) is 30.3 Å². The fraction of sp³-hybridized carbons (Fsp3) is 0.667. The lowest BCUT2D eigenvalue weighted by atomic mass is 10.0. The lowest BCUT2D eigenvalue weighted by Gasteiger charge is -2.36. The highest BCUT2D eigenvalue weighted by Gasteiger charge is 2.35. The van der Waals surface area contributed by atoms with Crippen LogP contribution in [0.25, 0.3) is 0 Å². The maximum absolute atomic E-state index is 6.07. The average molecular weight is 286 g/mol. The van der Waals surface area contributed by atoms with E-state index in [0.717, 1.165) is 25.6 Å². The van der Waals surface area contributed by atoms with E-state index in [1.165, 1.54) is 37.8 Å². The molecule has 4 rings (SSSR count). The number of ether oxygens (including phenoxy) is 1. The normalized spacial score (nSPS) is 31.0. The van der Waals surface area contributed by atoms with Crippen LogP contribution in [0.4, 0.5) is 0 Å². The SMILES string of the molecule is c1ccc(C(NCC2CN3CCCC3CO2)C2CC2)cc1. The van der Waals surface area contributed by atoms with Gasteiger partial charge in [-0.25, -0.2) is 0 Å². The molecule has 0 spiro atoms. The minimum atomic E-state index is 0.365. The van der Waals surface area contributed by atoms with Gasteiger partial charge < -0.3 is 10.1 Å². The molecule has 1 aromatic rings. The molecule has 2 aliphatic heterocycles. The molecule has 3 heteroatoms. The summed E-state index contributed by atoms with van der Waals surface area (Å²) in [5.41, 5.74) is 1.44. The van der Waals surface area contributed by atoms with E-state index >= 15 is 0 Å². The molecule has 3 aliphatic rings. The van der Waals surface area contributed by atoms with E-state index in [-0.39, 0.29) is 0 Å². The third kappa shape index (κ3) is 3.15. The smallest absolute Gasteiger partial charge is 0.0827 e. The van der Waals surface area contributed by atoms with Crippen molar-refractivity contribution in [2.45, 2.75) is 43.9 Å². The van der Waals surface area contributed by atoms with Crippen LogP contribution in [-0.4, -0.2) is 43.3 Å². The van der Waals surface area contributed by atoms with Gasteiger partial charge >= 0.3 is 0 Å². The molecule has 0 radical (unpaired) electrons. The Bertz CT molecular complexity index is 460. The molecule has 0 bridgehead atoms. The zero-order valence-electron chi connectivity index (χ0n) is 12.7. The van der Waals surface area contributed by atoms with E-state index in [0.29, 0.717) is 18.2 Å². The second kappa shape index (κ2) is 6.07. The van der Waals surface area contributed by atoms with Crippen LogP contribution in [0, 0.1) is 5.92 Å². The summed E-state index contributed by atoms with van der Waals surface area (Å²) in [7, 11) is 0. The van der Waals surface area contributed by atoms with Gasteiger partial charge in [-0.05, 0) is 43.7 Å². The van der Waals surface area contributed by atoms with Crippen LogP contribution in [0.1, 0.15) is 37.3 Å². The maximum Gasteiger partial charge on any atom is 0.0827 e. The summed E-state index contributed by atoms with van der Waals surface area (Å²) in [6, 6.07) is 12.1. The summed E-state index contributed by atoms with van der Waals surface area (Å²) in [5.74, 6) is 0.829. The summed E-state index contributed by atoms with van der Waals surface area (Å²) >= 11 is 0. The van der Waals surface area contributed by atoms with Crippen molar-refractivity contribution in [3.63, 3.8) is 0 Å². The summed E-state index contributed by atoms with van der Waals surface area (Å²) in [6.07, 6.45) is 5.78. The largest absolute Gasteiger partial charge is 0.374 e. The first kappa shape index (κ1) is 13.7. The average Bonchev–Trinajstić information content (AvgIpc) is 3.25. The van der Waals surface area contributed by atoms with Crippen LogP contribution in [-0.2, 0) is 4.74 Å². The second-order valence-electron chi connectivity index (χ2n) is 6.88. The third-order valence-corrected chi connectivity index (χ3v) is 5.28. The van der Waals surface area contributed by atoms with Gasteiger partial charge in [-0.3, -0.25) is 4.90 Å². The molecule has 1 saturated carbocycles. The molecular formula is C18H26N2O. The molecule has 3 nitrogen and oxygen atoms in total. The van der Waals surface area contributed by atoms with Crippen LogP contribution in [0.2, 0.25) is 0 Å². The summed E-state index contributed by atoms with van der Waals surface area (Å²) in [6.45, 7) is 4.31. The van der Waals surface area contributed by atoms with Crippen molar-refractivity contribution in [2.24, 2.45) is 5.92 Å². The van der Waals surface area contributed by atoms with E-state index in [1.54, 1.807) is 0 Å². The van der Waals surface area contributed by atoms with Crippen LogP contribution < -0.4 is 5.32 Å². The summed E-state index contributed by atoms with van der Waals surface area (Å²) in [5, 5.41) is 3.80. The number of rotatable bonds is 5. The number of morpholine rings is 1. The maximum atomic E-state index is 6.07. The molecule has 2 saturated heterocycles. The number of nitrogens with one attached hydrogen (secondary N) is 1. The molecule has 0 aromatic heterocycles. The Morgan fingerprint density at radius 3 is 2.86 bits per heavy atom. The summed E-state index contributed by atoms with van der Waals surface area (Å²) in [4.78, 5) is 2.63. The van der Waals surface area contributed by atoms with E-state index in [1.807, 2.05) is 0 Å². The lowest BCUT2D eigenvalue weighted by Crippen LogP contribution is -2.49. The predicted molar refractivity (Wildman–Crippen MR) is 84.2 cm³/mol. The Labute approximate surface area is 127 Å². The monoisotopic (exact) mass is 286 g/mol. The lowest BCUT2D eigenvalue weighted by molar-refractivity contribution is -0.0481. The van der Waals surface area contributed by atoms with Crippen LogP contribution in [0.3, 0.4) is 0 Å². The minimum Gasteiger partial charge on any atom is -0.374 e. The van der Waals surface area contributed by atoms with Gasteiger partial charge in [0.25, 0.3) is 0 Å². The van der Waals surface area contributed by atoms with Gasteiger partial charge in [0.15, 0.2) is 0 Å². The molecule has 0 amide bonds. The first-order valence-electron chi connectivity index (χ1n) is 8.54. The number of benzene rings is 1. The van der Waals surface area contributed by atoms with Crippen molar-refractivity contribution in [3.05, 3.63) is 35.9 Å². The van der Waals surface area contributed by atoms with Gasteiger partial charge in [0.2, 0.25) is 0 Å². The Balaban J connectivity index is 1.34. The predicted octanol–water partition coefficient (Wildman–Crippen LogP) is 2.59. The molecule has 3 fully saturated rings. The second-order valence-corrected chi connectivity index (χ2v) is 6.88. The molecular weight excluding hydrogens is 260 g/mol. The highest BCUT2D eigenvalue weighted by atomic mass is 16.5. The Hall–Kier alpha value is -0.900. The highest BCUT2D eigenvalue weighted by Crippen LogP contribution is 2.41. The zero-order chi connectivity index (χ0) is 14.1. The fourth-order valence-electron chi connectivity index (χ4n) is 3.91. The van der Waals surface area contributed by atoms with E-state index in [9.17, 15) is 0 Å². The molecule has 114 valence electrons. The van der Waals surface area contributed by atoms with Crippen molar-refractivity contribution in [1.82, 2.24) is 10.2 Å². The Kier molecular flexibility index (Phi) is 3.97. The van der Waals surface area contributed by atoms with Gasteiger partial charge in [-0.1, -0.05) is 30.3 Å². The number of nitrogens with zero attached hydrogens (tertiary/aromatic N) is 1. The molecule has 21 heavy (non-hydrogen) atoms. The topological polar surface area (TPSA) is 24.5 Å². The number of hydrogen-bond acceptors (Lipinski definition) is 3. The summed E-state index contributed by atoms with van der Waals surface area (Å²) < 4.78 is 6.07. The van der Waals surface area contributed by atoms with Gasteiger partial charge in [0.05, 0.1) is 12.7 Å². The van der Waals surface area contributed by atoms with E-state index in [2.05, 4.69) is 40.5 Å². The van der Waals surface area contributed by atoms with Crippen LogP contribution >= 0.6 is 0 Å². The Morgan fingerprint density at radius 1 is 1.19 bits per heavy atom. The van der Waals surface area contributed by atoms with E-state index < -0.39 is 0 Å². The van der Waals surface area contributed by atoms with Gasteiger partial charge in [-0.15, -0.1) is 0 Å². The third-order valence-electron chi connectivity index (χ3n) is 5.28. The first-order chi connectivity index (χ1) is 10.4. The van der Waals surface area contributed by atoms with E-state index in [4.69, 9.17) is 4.74 Å². The van der Waals surface area contributed by atoms with Crippen molar-refractivity contribution in [2.75, 3.05) is 26.2 Å². The van der Waals surface area contributed by atoms with Crippen LogP contribution in [0.5, 0.6) is 0 Å². The molecule has 2 heterocycles. The zero-order valence-corrected chi connectivity index (χ0v) is 12.7. The van der Waals surface area contributed by atoms with Gasteiger partial charge in [-0.2, -0.15) is 0 Å². The van der Waals surface area contributed by atoms with Crippen molar-refractivity contribution in [3.8, 4) is 0 Å². The molecule has 3 unspecified atom stereocenters. The molecule has 1 aromatic carbocycles. The molecule has 1 N–H and O–H groups in total. The quantitative estimate of drug-likeness (QED) is 0.900. The minimum absolute atomic E-state index is 0.365.